The zero-order valence-electron chi connectivity index (χ0n) is 7.26. The second-order valence-electron chi connectivity index (χ2n) is 2.49. The second-order valence-corrected chi connectivity index (χ2v) is 3.41. The van der Waals surface area contributed by atoms with Crippen LogP contribution >= 0.6 is 15.9 Å². The highest BCUT2D eigenvalue weighted by atomic mass is 79.9. The van der Waals surface area contributed by atoms with Crippen LogP contribution in [0.15, 0.2) is 22.7 Å². The molecule has 0 amide bonds. The first-order chi connectivity index (χ1) is 6.24. The molecule has 13 heavy (non-hydrogen) atoms. The van der Waals surface area contributed by atoms with Gasteiger partial charge in [-0.25, -0.2) is 0 Å². The molecule has 0 spiro atoms. The van der Waals surface area contributed by atoms with Crippen molar-refractivity contribution in [2.75, 3.05) is 13.6 Å². The molecule has 0 bridgehead atoms. The maximum atomic E-state index is 9.44. The van der Waals surface area contributed by atoms with E-state index in [0.29, 0.717) is 12.1 Å². The quantitative estimate of drug-likeness (QED) is 0.732. The molecule has 2 N–H and O–H groups in total. The van der Waals surface area contributed by atoms with Crippen molar-refractivity contribution < 1.29 is 5.11 Å². The molecular formula is C10H10BrNO. The van der Waals surface area contributed by atoms with Gasteiger partial charge in [-0.15, -0.1) is 0 Å². The lowest BCUT2D eigenvalue weighted by Crippen LogP contribution is -2.04. The number of halogens is 1. The summed E-state index contributed by atoms with van der Waals surface area (Å²) in [5.74, 6) is 5.94. The number of aromatic hydroxyl groups is 1. The maximum Gasteiger partial charge on any atom is 0.132 e. The van der Waals surface area contributed by atoms with Crippen LogP contribution < -0.4 is 5.32 Å². The van der Waals surface area contributed by atoms with Gasteiger partial charge in [-0.3, -0.25) is 0 Å². The Hall–Kier alpha value is -0.980. The van der Waals surface area contributed by atoms with Crippen molar-refractivity contribution in [2.45, 2.75) is 0 Å². The van der Waals surface area contributed by atoms with Gasteiger partial charge >= 0.3 is 0 Å². The first kappa shape index (κ1) is 10.1. The Labute approximate surface area is 86.1 Å². The highest BCUT2D eigenvalue weighted by molar-refractivity contribution is 9.10. The molecule has 0 unspecified atom stereocenters. The zero-order chi connectivity index (χ0) is 9.68. The van der Waals surface area contributed by atoms with Crippen LogP contribution in [0.2, 0.25) is 0 Å². The molecule has 0 aliphatic carbocycles. The topological polar surface area (TPSA) is 32.3 Å². The van der Waals surface area contributed by atoms with Crippen molar-refractivity contribution >= 4 is 15.9 Å². The van der Waals surface area contributed by atoms with Gasteiger partial charge in [0.05, 0.1) is 12.1 Å². The van der Waals surface area contributed by atoms with E-state index in [1.807, 2.05) is 13.1 Å². The van der Waals surface area contributed by atoms with E-state index in [1.54, 1.807) is 12.1 Å². The van der Waals surface area contributed by atoms with E-state index >= 15 is 0 Å². The van der Waals surface area contributed by atoms with Crippen LogP contribution in [0.25, 0.3) is 0 Å². The molecule has 0 aliphatic rings. The van der Waals surface area contributed by atoms with Crippen LogP contribution in [0.4, 0.5) is 0 Å². The Morgan fingerprint density at radius 1 is 1.54 bits per heavy atom. The molecule has 0 atom stereocenters. The molecule has 0 heterocycles. The molecule has 1 aromatic carbocycles. The summed E-state index contributed by atoms with van der Waals surface area (Å²) in [7, 11) is 1.83. The molecule has 1 aromatic rings. The number of phenols is 1. The van der Waals surface area contributed by atoms with Gasteiger partial charge in [0.15, 0.2) is 0 Å². The summed E-state index contributed by atoms with van der Waals surface area (Å²) in [5, 5.41) is 12.3. The van der Waals surface area contributed by atoms with Crippen molar-refractivity contribution in [1.82, 2.24) is 5.32 Å². The van der Waals surface area contributed by atoms with E-state index in [1.165, 1.54) is 0 Å². The van der Waals surface area contributed by atoms with Crippen LogP contribution in [0.5, 0.6) is 5.75 Å². The van der Waals surface area contributed by atoms with Gasteiger partial charge in [-0.05, 0) is 25.2 Å². The zero-order valence-corrected chi connectivity index (χ0v) is 8.85. The van der Waals surface area contributed by atoms with Crippen molar-refractivity contribution in [3.05, 3.63) is 28.2 Å². The maximum absolute atomic E-state index is 9.44. The number of phenolic OH excluding ortho intramolecular Hbond substituents is 1. The van der Waals surface area contributed by atoms with Crippen molar-refractivity contribution in [1.29, 1.82) is 0 Å². The third-order valence-electron chi connectivity index (χ3n) is 1.45. The normalized spacial score (nSPS) is 9.08. The Balaban J connectivity index is 2.85. The second kappa shape index (κ2) is 4.90. The van der Waals surface area contributed by atoms with Gasteiger partial charge in [0.1, 0.15) is 5.75 Å². The van der Waals surface area contributed by atoms with Crippen molar-refractivity contribution in [2.24, 2.45) is 0 Å². The predicted molar refractivity (Wildman–Crippen MR) is 56.6 cm³/mol. The smallest absolute Gasteiger partial charge is 0.132 e. The molecule has 0 fully saturated rings. The molecule has 3 heteroatoms. The average Bonchev–Trinajstić information content (AvgIpc) is 2.09. The summed E-state index contributed by atoms with van der Waals surface area (Å²) in [6, 6.07) is 5.26. The van der Waals surface area contributed by atoms with Crippen molar-refractivity contribution in [3.63, 3.8) is 0 Å². The molecule has 1 rings (SSSR count). The van der Waals surface area contributed by atoms with Crippen LogP contribution in [0, 0.1) is 11.8 Å². The van der Waals surface area contributed by atoms with E-state index < -0.39 is 0 Å². The summed E-state index contributed by atoms with van der Waals surface area (Å²) in [6.07, 6.45) is 0. The van der Waals surface area contributed by atoms with Crippen LogP contribution in [0.3, 0.4) is 0 Å². The lowest BCUT2D eigenvalue weighted by atomic mass is 10.2. The summed E-state index contributed by atoms with van der Waals surface area (Å²) in [6.45, 7) is 0.621. The fourth-order valence-corrected chi connectivity index (χ4v) is 1.19. The number of hydrogen-bond acceptors (Lipinski definition) is 2. The average molecular weight is 240 g/mol. The van der Waals surface area contributed by atoms with Gasteiger partial charge in [0, 0.05) is 4.47 Å². The van der Waals surface area contributed by atoms with E-state index in [9.17, 15) is 5.11 Å². The van der Waals surface area contributed by atoms with E-state index in [2.05, 4.69) is 33.1 Å². The Morgan fingerprint density at radius 2 is 2.31 bits per heavy atom. The molecule has 0 saturated heterocycles. The lowest BCUT2D eigenvalue weighted by molar-refractivity contribution is 0.473. The number of hydrogen-bond donors (Lipinski definition) is 2. The number of nitrogens with one attached hydrogen (secondary N) is 1. The molecule has 0 saturated carbocycles. The Bertz CT molecular complexity index is 352. The van der Waals surface area contributed by atoms with Gasteiger partial charge in [0.25, 0.3) is 0 Å². The lowest BCUT2D eigenvalue weighted by Gasteiger charge is -1.96. The summed E-state index contributed by atoms with van der Waals surface area (Å²) >= 11 is 3.26. The minimum absolute atomic E-state index is 0.206. The third kappa shape index (κ3) is 3.10. The Morgan fingerprint density at radius 3 is 2.92 bits per heavy atom. The van der Waals surface area contributed by atoms with Crippen LogP contribution in [-0.4, -0.2) is 18.7 Å². The standard InChI is InChI=1S/C10H10BrNO/c1-12-6-2-3-8-4-5-9(11)7-10(8)13/h4-5,7,12-13H,6H2,1H3. The fourth-order valence-electron chi connectivity index (χ4n) is 0.838. The minimum atomic E-state index is 0.206. The molecule has 2 nitrogen and oxygen atoms in total. The summed E-state index contributed by atoms with van der Waals surface area (Å²) in [4.78, 5) is 0. The van der Waals surface area contributed by atoms with Gasteiger partial charge < -0.3 is 10.4 Å². The van der Waals surface area contributed by atoms with Crippen molar-refractivity contribution in [3.8, 4) is 17.6 Å². The molecule has 0 radical (unpaired) electrons. The summed E-state index contributed by atoms with van der Waals surface area (Å²) in [5.41, 5.74) is 0.651. The molecular weight excluding hydrogens is 230 g/mol. The SMILES string of the molecule is CNCC#Cc1ccc(Br)cc1O. The molecule has 0 aliphatic heterocycles. The Kier molecular flexibility index (Phi) is 3.81. The molecule has 68 valence electrons. The predicted octanol–water partition coefficient (Wildman–Crippen LogP) is 1.73. The fraction of sp³-hybridized carbons (Fsp3) is 0.200. The number of rotatable bonds is 1. The highest BCUT2D eigenvalue weighted by Crippen LogP contribution is 2.20. The number of benzene rings is 1. The largest absolute Gasteiger partial charge is 0.507 e. The monoisotopic (exact) mass is 239 g/mol. The minimum Gasteiger partial charge on any atom is -0.507 e. The highest BCUT2D eigenvalue weighted by Gasteiger charge is 1.96. The molecule has 0 aromatic heterocycles. The van der Waals surface area contributed by atoms with Gasteiger partial charge in [-0.1, -0.05) is 27.8 Å². The van der Waals surface area contributed by atoms with E-state index in [0.717, 1.165) is 4.47 Å². The van der Waals surface area contributed by atoms with E-state index in [-0.39, 0.29) is 5.75 Å². The van der Waals surface area contributed by atoms with Crippen LogP contribution in [-0.2, 0) is 0 Å². The van der Waals surface area contributed by atoms with Gasteiger partial charge in [0.2, 0.25) is 0 Å². The van der Waals surface area contributed by atoms with Gasteiger partial charge in [-0.2, -0.15) is 0 Å². The summed E-state index contributed by atoms with van der Waals surface area (Å²) < 4.78 is 0.851. The first-order valence-electron chi connectivity index (χ1n) is 3.86. The van der Waals surface area contributed by atoms with E-state index in [4.69, 9.17) is 0 Å². The first-order valence-corrected chi connectivity index (χ1v) is 4.65. The van der Waals surface area contributed by atoms with Crippen LogP contribution in [0.1, 0.15) is 5.56 Å². The third-order valence-corrected chi connectivity index (χ3v) is 1.94.